The molecule has 0 aromatic carbocycles. The van der Waals surface area contributed by atoms with Crippen molar-refractivity contribution in [1.29, 1.82) is 0 Å². The van der Waals surface area contributed by atoms with Crippen molar-refractivity contribution in [2.75, 3.05) is 0 Å². The molecule has 1 fully saturated rings. The quantitative estimate of drug-likeness (QED) is 0.410. The molecule has 0 bridgehead atoms. The molecule has 1 aliphatic carbocycles. The first-order valence-electron chi connectivity index (χ1n) is 9.96. The number of nitrogens with two attached hydrogens (primary N) is 1. The fourth-order valence-corrected chi connectivity index (χ4v) is 4.77. The second kappa shape index (κ2) is 12.6. The molecule has 0 saturated heterocycles. The summed E-state index contributed by atoms with van der Waals surface area (Å²) in [5.41, 5.74) is 7.19. The van der Waals surface area contributed by atoms with Crippen molar-refractivity contribution in [2.45, 2.75) is 117 Å². The van der Waals surface area contributed by atoms with Crippen LogP contribution in [0.1, 0.15) is 111 Å². The molecular formula is C20H42ClN. The van der Waals surface area contributed by atoms with Gasteiger partial charge in [-0.25, -0.2) is 0 Å². The number of halogens is 1. The molecule has 0 aromatic rings. The SMILES string of the molecule is CCCCCCCCCC(N)C1(CC)CCCCC1CC.Cl. The van der Waals surface area contributed by atoms with Crippen molar-refractivity contribution < 1.29 is 0 Å². The van der Waals surface area contributed by atoms with Crippen LogP contribution in [0.3, 0.4) is 0 Å². The highest BCUT2D eigenvalue weighted by atomic mass is 35.5. The molecule has 1 rings (SSSR count). The fourth-order valence-electron chi connectivity index (χ4n) is 4.77. The standard InChI is InChI=1S/C20H41N.ClH/c1-4-7-8-9-10-11-12-16-19(21)20(6-3)17-14-13-15-18(20)5-2;/h18-19H,4-17,21H2,1-3H3;1H. The van der Waals surface area contributed by atoms with E-state index in [0.29, 0.717) is 11.5 Å². The van der Waals surface area contributed by atoms with Gasteiger partial charge in [0.1, 0.15) is 0 Å². The average molecular weight is 332 g/mol. The Kier molecular flexibility index (Phi) is 12.8. The molecule has 1 nitrogen and oxygen atoms in total. The average Bonchev–Trinajstić information content (AvgIpc) is 2.53. The molecule has 0 amide bonds. The van der Waals surface area contributed by atoms with Crippen LogP contribution in [-0.4, -0.2) is 6.04 Å². The van der Waals surface area contributed by atoms with E-state index in [0.717, 1.165) is 5.92 Å². The summed E-state index contributed by atoms with van der Waals surface area (Å²) < 4.78 is 0. The van der Waals surface area contributed by atoms with Crippen molar-refractivity contribution >= 4 is 12.4 Å². The summed E-state index contributed by atoms with van der Waals surface area (Å²) in [7, 11) is 0. The minimum Gasteiger partial charge on any atom is -0.327 e. The summed E-state index contributed by atoms with van der Waals surface area (Å²) in [6, 6.07) is 0.448. The zero-order valence-electron chi connectivity index (χ0n) is 15.5. The lowest BCUT2D eigenvalue weighted by Gasteiger charge is -2.48. The Balaban J connectivity index is 0.00000441. The number of hydrogen-bond acceptors (Lipinski definition) is 1. The van der Waals surface area contributed by atoms with Crippen molar-refractivity contribution in [3.63, 3.8) is 0 Å². The Hall–Kier alpha value is 0.250. The molecule has 2 heteroatoms. The van der Waals surface area contributed by atoms with Gasteiger partial charge >= 0.3 is 0 Å². The van der Waals surface area contributed by atoms with Crippen LogP contribution in [0.4, 0.5) is 0 Å². The first-order chi connectivity index (χ1) is 10.2. The van der Waals surface area contributed by atoms with Crippen molar-refractivity contribution in [2.24, 2.45) is 17.1 Å². The normalized spacial score (nSPS) is 26.5. The molecule has 0 spiro atoms. The molecule has 134 valence electrons. The van der Waals surface area contributed by atoms with E-state index in [1.54, 1.807) is 0 Å². The molecule has 3 unspecified atom stereocenters. The fraction of sp³-hybridized carbons (Fsp3) is 1.00. The van der Waals surface area contributed by atoms with Gasteiger partial charge < -0.3 is 5.73 Å². The van der Waals surface area contributed by atoms with E-state index in [-0.39, 0.29) is 12.4 Å². The molecular weight excluding hydrogens is 290 g/mol. The van der Waals surface area contributed by atoms with Gasteiger partial charge in [0.2, 0.25) is 0 Å². The first kappa shape index (κ1) is 22.2. The molecule has 0 aliphatic heterocycles. The zero-order chi connectivity index (χ0) is 15.6. The Morgan fingerprint density at radius 2 is 1.59 bits per heavy atom. The van der Waals surface area contributed by atoms with E-state index in [9.17, 15) is 0 Å². The minimum absolute atomic E-state index is 0. The highest BCUT2D eigenvalue weighted by Gasteiger charge is 2.42. The van der Waals surface area contributed by atoms with Crippen molar-refractivity contribution in [1.82, 2.24) is 0 Å². The van der Waals surface area contributed by atoms with Crippen LogP contribution in [0, 0.1) is 11.3 Å². The van der Waals surface area contributed by atoms with Crippen LogP contribution < -0.4 is 5.73 Å². The lowest BCUT2D eigenvalue weighted by molar-refractivity contribution is 0.0494. The summed E-state index contributed by atoms with van der Waals surface area (Å²) in [4.78, 5) is 0. The lowest BCUT2D eigenvalue weighted by Crippen LogP contribution is -2.48. The van der Waals surface area contributed by atoms with Gasteiger partial charge in [0.05, 0.1) is 0 Å². The Labute approximate surface area is 146 Å². The molecule has 0 radical (unpaired) electrons. The highest BCUT2D eigenvalue weighted by molar-refractivity contribution is 5.85. The largest absolute Gasteiger partial charge is 0.327 e. The third-order valence-electron chi connectivity index (χ3n) is 6.27. The summed E-state index contributed by atoms with van der Waals surface area (Å²) >= 11 is 0. The van der Waals surface area contributed by atoms with E-state index in [2.05, 4.69) is 20.8 Å². The van der Waals surface area contributed by atoms with Crippen LogP contribution in [0.5, 0.6) is 0 Å². The second-order valence-corrected chi connectivity index (χ2v) is 7.45. The summed E-state index contributed by atoms with van der Waals surface area (Å²) in [5.74, 6) is 0.885. The number of unbranched alkanes of at least 4 members (excludes halogenated alkanes) is 6. The predicted molar refractivity (Wildman–Crippen MR) is 103 cm³/mol. The van der Waals surface area contributed by atoms with Gasteiger partial charge in [-0.3, -0.25) is 0 Å². The van der Waals surface area contributed by atoms with Crippen molar-refractivity contribution in [3.8, 4) is 0 Å². The van der Waals surface area contributed by atoms with Gasteiger partial charge in [-0.15, -0.1) is 12.4 Å². The third kappa shape index (κ3) is 6.40. The maximum absolute atomic E-state index is 6.72. The van der Waals surface area contributed by atoms with Crippen LogP contribution in [0.15, 0.2) is 0 Å². The monoisotopic (exact) mass is 331 g/mol. The predicted octanol–water partition coefficient (Wildman–Crippen LogP) is 6.87. The lowest BCUT2D eigenvalue weighted by atomic mass is 9.59. The Morgan fingerprint density at radius 3 is 2.18 bits per heavy atom. The summed E-state index contributed by atoms with van der Waals surface area (Å²) in [6.45, 7) is 7.05. The van der Waals surface area contributed by atoms with Gasteiger partial charge in [0, 0.05) is 6.04 Å². The van der Waals surface area contributed by atoms with Gasteiger partial charge in [-0.2, -0.15) is 0 Å². The topological polar surface area (TPSA) is 26.0 Å². The van der Waals surface area contributed by atoms with Gasteiger partial charge in [-0.05, 0) is 37.0 Å². The summed E-state index contributed by atoms with van der Waals surface area (Å²) in [6.07, 6.45) is 19.3. The first-order valence-corrected chi connectivity index (χ1v) is 9.96. The zero-order valence-corrected chi connectivity index (χ0v) is 16.4. The highest BCUT2D eigenvalue weighted by Crippen LogP contribution is 2.48. The molecule has 0 heterocycles. The number of rotatable bonds is 11. The Morgan fingerprint density at radius 1 is 0.955 bits per heavy atom. The molecule has 1 aliphatic rings. The van der Waals surface area contributed by atoms with Crippen LogP contribution in [0.2, 0.25) is 0 Å². The maximum Gasteiger partial charge on any atom is 0.00981 e. The van der Waals surface area contributed by atoms with Crippen LogP contribution in [0.25, 0.3) is 0 Å². The van der Waals surface area contributed by atoms with E-state index < -0.39 is 0 Å². The molecule has 2 N–H and O–H groups in total. The van der Waals surface area contributed by atoms with Crippen LogP contribution in [-0.2, 0) is 0 Å². The third-order valence-corrected chi connectivity index (χ3v) is 6.27. The molecule has 3 atom stereocenters. The van der Waals surface area contributed by atoms with E-state index >= 15 is 0 Å². The number of hydrogen-bond donors (Lipinski definition) is 1. The molecule has 22 heavy (non-hydrogen) atoms. The van der Waals surface area contributed by atoms with Crippen LogP contribution >= 0.6 is 12.4 Å². The van der Waals surface area contributed by atoms with E-state index in [4.69, 9.17) is 5.73 Å². The summed E-state index contributed by atoms with van der Waals surface area (Å²) in [5, 5.41) is 0. The van der Waals surface area contributed by atoms with E-state index in [1.807, 2.05) is 0 Å². The Bertz CT molecular complexity index is 256. The maximum atomic E-state index is 6.72. The minimum atomic E-state index is 0. The molecule has 0 aromatic heterocycles. The van der Waals surface area contributed by atoms with E-state index in [1.165, 1.54) is 89.9 Å². The molecule has 1 saturated carbocycles. The van der Waals surface area contributed by atoms with Gasteiger partial charge in [-0.1, -0.05) is 85.0 Å². The van der Waals surface area contributed by atoms with Crippen molar-refractivity contribution in [3.05, 3.63) is 0 Å². The van der Waals surface area contributed by atoms with Gasteiger partial charge in [0.25, 0.3) is 0 Å². The smallest absolute Gasteiger partial charge is 0.00981 e. The second-order valence-electron chi connectivity index (χ2n) is 7.45. The van der Waals surface area contributed by atoms with Gasteiger partial charge in [0.15, 0.2) is 0 Å².